The topological polar surface area (TPSA) is 35.6 Å². The third-order valence-corrected chi connectivity index (χ3v) is 5.93. The highest BCUT2D eigenvalue weighted by Crippen LogP contribution is 2.38. The molecule has 2 aliphatic rings. The average molecular weight is 367 g/mol. The fourth-order valence-electron chi connectivity index (χ4n) is 4.55. The van der Waals surface area contributed by atoms with Crippen molar-refractivity contribution in [3.05, 3.63) is 66.0 Å². The Kier molecular flexibility index (Phi) is 5.12. The predicted molar refractivity (Wildman–Crippen MR) is 105 cm³/mol. The molecule has 0 aromatic heterocycles. The van der Waals surface area contributed by atoms with E-state index in [1.807, 2.05) is 47.4 Å². The number of hydrogen-bond acceptors (Lipinski definition) is 2. The molecule has 2 aromatic carbocycles. The van der Waals surface area contributed by atoms with Gasteiger partial charge in [0.1, 0.15) is 5.82 Å². The van der Waals surface area contributed by atoms with E-state index in [9.17, 15) is 9.18 Å². The highest BCUT2D eigenvalue weighted by Gasteiger charge is 2.44. The molecule has 0 radical (unpaired) electrons. The summed E-state index contributed by atoms with van der Waals surface area (Å²) in [7, 11) is 0. The molecule has 2 aromatic rings. The summed E-state index contributed by atoms with van der Waals surface area (Å²) in [5, 5.41) is 3.00. The van der Waals surface area contributed by atoms with Crippen LogP contribution in [-0.4, -0.2) is 41.0 Å². The number of nitrogens with zero attached hydrogens (tertiary/aromatic N) is 2. The van der Waals surface area contributed by atoms with Crippen LogP contribution in [0.4, 0.5) is 14.9 Å². The molecule has 0 unspecified atom stereocenters. The lowest BCUT2D eigenvalue weighted by molar-refractivity contribution is 0.0527. The van der Waals surface area contributed by atoms with E-state index >= 15 is 0 Å². The zero-order chi connectivity index (χ0) is 18.7. The Bertz CT molecular complexity index is 797. The molecule has 142 valence electrons. The molecule has 0 aliphatic carbocycles. The van der Waals surface area contributed by atoms with Gasteiger partial charge in [0.25, 0.3) is 0 Å². The summed E-state index contributed by atoms with van der Waals surface area (Å²) in [5.74, 6) is -0.144. The van der Waals surface area contributed by atoms with Crippen LogP contribution in [0.1, 0.15) is 31.2 Å². The fraction of sp³-hybridized carbons (Fsp3) is 0.409. The van der Waals surface area contributed by atoms with E-state index in [-0.39, 0.29) is 17.4 Å². The number of likely N-dealkylation sites (tertiary alicyclic amines) is 2. The Balaban J connectivity index is 1.47. The SMILES string of the molecule is O=C(Nc1ccccc1)N1CCC[C@@]2(CCCN2Cc2ccccc2F)C1. The molecule has 2 aliphatic heterocycles. The van der Waals surface area contributed by atoms with Crippen molar-refractivity contribution >= 4 is 11.7 Å². The molecule has 2 saturated heterocycles. The molecule has 4 rings (SSSR count). The molecule has 4 nitrogen and oxygen atoms in total. The normalized spacial score (nSPS) is 22.9. The van der Waals surface area contributed by atoms with E-state index in [0.717, 1.165) is 50.0 Å². The number of urea groups is 1. The summed E-state index contributed by atoms with van der Waals surface area (Å²) < 4.78 is 14.1. The molecule has 1 N–H and O–H groups in total. The van der Waals surface area contributed by atoms with Crippen LogP contribution in [0.2, 0.25) is 0 Å². The number of hydrogen-bond donors (Lipinski definition) is 1. The Morgan fingerprint density at radius 2 is 1.70 bits per heavy atom. The molecule has 0 bridgehead atoms. The van der Waals surface area contributed by atoms with Gasteiger partial charge in [-0.05, 0) is 50.4 Å². The van der Waals surface area contributed by atoms with Gasteiger partial charge in [-0.15, -0.1) is 0 Å². The summed E-state index contributed by atoms with van der Waals surface area (Å²) in [6.45, 7) is 3.05. The molecule has 0 saturated carbocycles. The maximum absolute atomic E-state index is 14.1. The van der Waals surface area contributed by atoms with Gasteiger partial charge in [0.05, 0.1) is 0 Å². The Morgan fingerprint density at radius 1 is 1.00 bits per heavy atom. The van der Waals surface area contributed by atoms with Gasteiger partial charge in [-0.3, -0.25) is 4.90 Å². The first-order valence-electron chi connectivity index (χ1n) is 9.76. The van der Waals surface area contributed by atoms with Crippen molar-refractivity contribution in [3.8, 4) is 0 Å². The highest BCUT2D eigenvalue weighted by molar-refractivity contribution is 5.89. The first-order chi connectivity index (χ1) is 13.2. The summed E-state index contributed by atoms with van der Waals surface area (Å²) in [6.07, 6.45) is 4.21. The van der Waals surface area contributed by atoms with Gasteiger partial charge in [0.15, 0.2) is 0 Å². The largest absolute Gasteiger partial charge is 0.323 e. The average Bonchev–Trinajstić information content (AvgIpc) is 3.06. The van der Waals surface area contributed by atoms with Gasteiger partial charge in [0.2, 0.25) is 0 Å². The smallest absolute Gasteiger partial charge is 0.321 e. The Labute approximate surface area is 160 Å². The van der Waals surface area contributed by atoms with Gasteiger partial charge in [0, 0.05) is 36.4 Å². The van der Waals surface area contributed by atoms with Gasteiger partial charge in [-0.25, -0.2) is 9.18 Å². The van der Waals surface area contributed by atoms with Gasteiger partial charge in [-0.2, -0.15) is 0 Å². The van der Waals surface area contributed by atoms with E-state index in [1.165, 1.54) is 6.07 Å². The van der Waals surface area contributed by atoms with E-state index in [1.54, 1.807) is 6.07 Å². The fourth-order valence-corrected chi connectivity index (χ4v) is 4.55. The molecule has 27 heavy (non-hydrogen) atoms. The molecular formula is C22H26FN3O. The number of para-hydroxylation sites is 1. The number of piperidine rings is 1. The van der Waals surface area contributed by atoms with E-state index < -0.39 is 0 Å². The summed E-state index contributed by atoms with van der Waals surface area (Å²) in [6, 6.07) is 16.5. The van der Waals surface area contributed by atoms with Crippen molar-refractivity contribution in [3.63, 3.8) is 0 Å². The first kappa shape index (κ1) is 18.0. The number of amides is 2. The number of halogens is 1. The monoisotopic (exact) mass is 367 g/mol. The van der Waals surface area contributed by atoms with Crippen molar-refractivity contribution in [2.24, 2.45) is 0 Å². The standard InChI is InChI=1S/C22H26FN3O/c23-20-11-5-4-8-18(20)16-26-15-7-13-22(26)12-6-14-25(17-22)21(27)24-19-9-2-1-3-10-19/h1-5,8-11H,6-7,12-17H2,(H,24,27)/t22-/m1/s1. The lowest BCUT2D eigenvalue weighted by Gasteiger charge is -2.46. The summed E-state index contributed by atoms with van der Waals surface area (Å²) >= 11 is 0. The molecule has 1 atom stereocenters. The minimum Gasteiger partial charge on any atom is -0.323 e. The van der Waals surface area contributed by atoms with Gasteiger partial charge in [-0.1, -0.05) is 36.4 Å². The second-order valence-corrected chi connectivity index (χ2v) is 7.66. The van der Waals surface area contributed by atoms with Crippen LogP contribution in [0.25, 0.3) is 0 Å². The Morgan fingerprint density at radius 3 is 2.48 bits per heavy atom. The van der Waals surface area contributed by atoms with Crippen LogP contribution in [0.5, 0.6) is 0 Å². The Hall–Kier alpha value is -2.40. The number of nitrogens with one attached hydrogen (secondary N) is 1. The molecule has 2 amide bonds. The second kappa shape index (κ2) is 7.69. The third-order valence-electron chi connectivity index (χ3n) is 5.93. The number of carbonyl (C=O) groups is 1. The first-order valence-corrected chi connectivity index (χ1v) is 9.76. The van der Waals surface area contributed by atoms with Crippen molar-refractivity contribution in [2.45, 2.75) is 37.8 Å². The lowest BCUT2D eigenvalue weighted by Crippen LogP contribution is -2.57. The van der Waals surface area contributed by atoms with Crippen LogP contribution < -0.4 is 5.32 Å². The van der Waals surface area contributed by atoms with Crippen LogP contribution >= 0.6 is 0 Å². The van der Waals surface area contributed by atoms with E-state index in [0.29, 0.717) is 13.1 Å². The van der Waals surface area contributed by atoms with Gasteiger partial charge >= 0.3 is 6.03 Å². The lowest BCUT2D eigenvalue weighted by atomic mass is 9.86. The van der Waals surface area contributed by atoms with E-state index in [2.05, 4.69) is 10.2 Å². The molecule has 2 heterocycles. The number of rotatable bonds is 3. The number of carbonyl (C=O) groups excluding carboxylic acids is 1. The number of benzene rings is 2. The van der Waals surface area contributed by atoms with Crippen LogP contribution in [0.3, 0.4) is 0 Å². The molecular weight excluding hydrogens is 341 g/mol. The minimum atomic E-state index is -0.144. The molecule has 1 spiro atoms. The van der Waals surface area contributed by atoms with Crippen molar-refractivity contribution < 1.29 is 9.18 Å². The van der Waals surface area contributed by atoms with E-state index in [4.69, 9.17) is 0 Å². The maximum Gasteiger partial charge on any atom is 0.321 e. The van der Waals surface area contributed by atoms with Crippen LogP contribution in [0, 0.1) is 5.82 Å². The zero-order valence-corrected chi connectivity index (χ0v) is 15.5. The molecule has 5 heteroatoms. The summed E-state index contributed by atoms with van der Waals surface area (Å²) in [5.41, 5.74) is 1.52. The number of anilines is 1. The second-order valence-electron chi connectivity index (χ2n) is 7.66. The highest BCUT2D eigenvalue weighted by atomic mass is 19.1. The minimum absolute atomic E-state index is 0.0332. The quantitative estimate of drug-likeness (QED) is 0.868. The van der Waals surface area contributed by atoms with Crippen molar-refractivity contribution in [1.29, 1.82) is 0 Å². The van der Waals surface area contributed by atoms with Crippen LogP contribution in [0.15, 0.2) is 54.6 Å². The van der Waals surface area contributed by atoms with Gasteiger partial charge < -0.3 is 10.2 Å². The molecule has 2 fully saturated rings. The third kappa shape index (κ3) is 3.83. The van der Waals surface area contributed by atoms with Crippen LogP contribution in [-0.2, 0) is 6.54 Å². The zero-order valence-electron chi connectivity index (χ0n) is 15.5. The maximum atomic E-state index is 14.1. The van der Waals surface area contributed by atoms with Crippen molar-refractivity contribution in [2.75, 3.05) is 25.0 Å². The summed E-state index contributed by atoms with van der Waals surface area (Å²) in [4.78, 5) is 17.1. The predicted octanol–water partition coefficient (Wildman–Crippen LogP) is 4.49. The van der Waals surface area contributed by atoms with Crippen molar-refractivity contribution in [1.82, 2.24) is 9.80 Å².